The Hall–Kier alpha value is -2.29. The van der Waals surface area contributed by atoms with Gasteiger partial charge in [0, 0.05) is 6.54 Å². The van der Waals surface area contributed by atoms with Crippen molar-refractivity contribution in [2.75, 3.05) is 13.2 Å². The molecule has 0 aromatic heterocycles. The summed E-state index contributed by atoms with van der Waals surface area (Å²) in [7, 11) is 0. The first-order valence-corrected chi connectivity index (χ1v) is 7.35. The normalized spacial score (nSPS) is 16.7. The van der Waals surface area contributed by atoms with Crippen LogP contribution in [0.25, 0.3) is 0 Å². The summed E-state index contributed by atoms with van der Waals surface area (Å²) in [5.41, 5.74) is 2.36. The molecule has 0 bridgehead atoms. The van der Waals surface area contributed by atoms with Gasteiger partial charge < -0.3 is 10.1 Å². The van der Waals surface area contributed by atoms with Crippen LogP contribution in [0.5, 0.6) is 5.75 Å². The van der Waals surface area contributed by atoms with E-state index < -0.39 is 0 Å². The SMILES string of the molecule is O=C(NCCc1ccccc1)[C@H]1COc2ccccc2C1. The second-order valence-electron chi connectivity index (χ2n) is 5.35. The minimum Gasteiger partial charge on any atom is -0.492 e. The average Bonchev–Trinajstić information content (AvgIpc) is 2.55. The third-order valence-electron chi connectivity index (χ3n) is 3.81. The number of para-hydroxylation sites is 1. The van der Waals surface area contributed by atoms with Crippen LogP contribution in [-0.2, 0) is 17.6 Å². The van der Waals surface area contributed by atoms with E-state index in [-0.39, 0.29) is 11.8 Å². The smallest absolute Gasteiger partial charge is 0.226 e. The predicted molar refractivity (Wildman–Crippen MR) is 82.3 cm³/mol. The minimum atomic E-state index is -0.0873. The van der Waals surface area contributed by atoms with Crippen LogP contribution < -0.4 is 10.1 Å². The van der Waals surface area contributed by atoms with Crippen molar-refractivity contribution in [2.24, 2.45) is 5.92 Å². The second kappa shape index (κ2) is 6.44. The summed E-state index contributed by atoms with van der Waals surface area (Å²) in [5.74, 6) is 0.905. The van der Waals surface area contributed by atoms with E-state index in [4.69, 9.17) is 4.74 Å². The molecule has 108 valence electrons. The number of amides is 1. The molecule has 1 N–H and O–H groups in total. The summed E-state index contributed by atoms with van der Waals surface area (Å²) >= 11 is 0. The average molecular weight is 281 g/mol. The number of rotatable bonds is 4. The van der Waals surface area contributed by atoms with Gasteiger partial charge in [0.1, 0.15) is 12.4 Å². The fraction of sp³-hybridized carbons (Fsp3) is 0.278. The highest BCUT2D eigenvalue weighted by Gasteiger charge is 2.25. The number of benzene rings is 2. The van der Waals surface area contributed by atoms with Gasteiger partial charge >= 0.3 is 0 Å². The molecule has 21 heavy (non-hydrogen) atoms. The fourth-order valence-electron chi connectivity index (χ4n) is 2.62. The molecule has 1 aliphatic heterocycles. The highest BCUT2D eigenvalue weighted by atomic mass is 16.5. The summed E-state index contributed by atoms with van der Waals surface area (Å²) in [6.07, 6.45) is 1.62. The molecule has 0 aliphatic carbocycles. The highest BCUT2D eigenvalue weighted by Crippen LogP contribution is 2.26. The van der Waals surface area contributed by atoms with Crippen LogP contribution in [0.1, 0.15) is 11.1 Å². The van der Waals surface area contributed by atoms with Gasteiger partial charge in [0.15, 0.2) is 0 Å². The lowest BCUT2D eigenvalue weighted by molar-refractivity contribution is -0.126. The van der Waals surface area contributed by atoms with Crippen molar-refractivity contribution in [1.29, 1.82) is 0 Å². The standard InChI is InChI=1S/C18H19NO2/c20-18(19-11-10-14-6-2-1-3-7-14)16-12-15-8-4-5-9-17(15)21-13-16/h1-9,16H,10-13H2,(H,19,20)/t16-/m1/s1. The van der Waals surface area contributed by atoms with Crippen LogP contribution >= 0.6 is 0 Å². The van der Waals surface area contributed by atoms with Gasteiger partial charge in [0.25, 0.3) is 0 Å². The molecule has 0 unspecified atom stereocenters. The van der Waals surface area contributed by atoms with Crippen molar-refractivity contribution in [3.8, 4) is 5.75 Å². The molecule has 1 amide bonds. The van der Waals surface area contributed by atoms with E-state index in [9.17, 15) is 4.79 Å². The Morgan fingerprint density at radius 1 is 1.10 bits per heavy atom. The first-order chi connectivity index (χ1) is 10.3. The molecule has 0 saturated carbocycles. The maximum Gasteiger partial charge on any atom is 0.226 e. The molecular formula is C18H19NO2. The summed E-state index contributed by atoms with van der Waals surface area (Å²) in [6, 6.07) is 18.1. The van der Waals surface area contributed by atoms with E-state index in [2.05, 4.69) is 17.4 Å². The van der Waals surface area contributed by atoms with E-state index in [0.29, 0.717) is 13.2 Å². The minimum absolute atomic E-state index is 0.0837. The fourth-order valence-corrected chi connectivity index (χ4v) is 2.62. The van der Waals surface area contributed by atoms with Crippen LogP contribution in [-0.4, -0.2) is 19.1 Å². The molecule has 0 fully saturated rings. The summed E-state index contributed by atoms with van der Waals surface area (Å²) in [6.45, 7) is 1.13. The number of carbonyl (C=O) groups excluding carboxylic acids is 1. The van der Waals surface area contributed by atoms with E-state index in [1.165, 1.54) is 5.56 Å². The number of carbonyl (C=O) groups is 1. The first kappa shape index (κ1) is 13.7. The van der Waals surface area contributed by atoms with Crippen LogP contribution in [0.3, 0.4) is 0 Å². The Labute approximate surface area is 124 Å². The summed E-state index contributed by atoms with van der Waals surface area (Å²) < 4.78 is 5.66. The second-order valence-corrected chi connectivity index (χ2v) is 5.35. The summed E-state index contributed by atoms with van der Waals surface area (Å²) in [4.78, 5) is 12.2. The molecule has 3 rings (SSSR count). The number of nitrogens with one attached hydrogen (secondary N) is 1. The van der Waals surface area contributed by atoms with Crippen molar-refractivity contribution in [1.82, 2.24) is 5.32 Å². The zero-order chi connectivity index (χ0) is 14.5. The topological polar surface area (TPSA) is 38.3 Å². The lowest BCUT2D eigenvalue weighted by Crippen LogP contribution is -2.38. The molecule has 1 atom stereocenters. The van der Waals surface area contributed by atoms with E-state index in [0.717, 1.165) is 24.2 Å². The quantitative estimate of drug-likeness (QED) is 0.935. The molecule has 2 aromatic carbocycles. The maximum absolute atomic E-state index is 12.2. The lowest BCUT2D eigenvalue weighted by Gasteiger charge is -2.24. The third kappa shape index (κ3) is 3.43. The Morgan fingerprint density at radius 2 is 1.86 bits per heavy atom. The monoisotopic (exact) mass is 281 g/mol. The zero-order valence-electron chi connectivity index (χ0n) is 11.9. The van der Waals surface area contributed by atoms with Crippen LogP contribution in [0.15, 0.2) is 54.6 Å². The molecule has 3 nitrogen and oxygen atoms in total. The van der Waals surface area contributed by atoms with Gasteiger partial charge in [-0.3, -0.25) is 4.79 Å². The van der Waals surface area contributed by atoms with E-state index in [1.807, 2.05) is 42.5 Å². The van der Waals surface area contributed by atoms with Gasteiger partial charge in [-0.1, -0.05) is 48.5 Å². The summed E-state index contributed by atoms with van der Waals surface area (Å²) in [5, 5.41) is 3.01. The van der Waals surface area contributed by atoms with E-state index in [1.54, 1.807) is 0 Å². The zero-order valence-corrected chi connectivity index (χ0v) is 11.9. The Morgan fingerprint density at radius 3 is 2.71 bits per heavy atom. The van der Waals surface area contributed by atoms with Gasteiger partial charge in [-0.25, -0.2) is 0 Å². The number of hydrogen-bond acceptors (Lipinski definition) is 2. The van der Waals surface area contributed by atoms with Crippen molar-refractivity contribution in [2.45, 2.75) is 12.8 Å². The molecule has 2 aromatic rings. The molecular weight excluding hydrogens is 262 g/mol. The number of ether oxygens (including phenoxy) is 1. The van der Waals surface area contributed by atoms with Crippen LogP contribution in [0, 0.1) is 5.92 Å². The largest absolute Gasteiger partial charge is 0.492 e. The highest BCUT2D eigenvalue weighted by molar-refractivity contribution is 5.79. The van der Waals surface area contributed by atoms with Crippen molar-refractivity contribution in [3.05, 3.63) is 65.7 Å². The van der Waals surface area contributed by atoms with Gasteiger partial charge in [-0.2, -0.15) is 0 Å². The van der Waals surface area contributed by atoms with Gasteiger partial charge in [0.05, 0.1) is 5.92 Å². The molecule has 0 saturated heterocycles. The van der Waals surface area contributed by atoms with Gasteiger partial charge in [-0.15, -0.1) is 0 Å². The predicted octanol–water partition coefficient (Wildman–Crippen LogP) is 2.60. The lowest BCUT2D eigenvalue weighted by atomic mass is 9.96. The third-order valence-corrected chi connectivity index (χ3v) is 3.81. The number of hydrogen-bond donors (Lipinski definition) is 1. The molecule has 1 heterocycles. The Balaban J connectivity index is 1.50. The molecule has 1 aliphatic rings. The van der Waals surface area contributed by atoms with Crippen LogP contribution in [0.2, 0.25) is 0 Å². The van der Waals surface area contributed by atoms with Crippen molar-refractivity contribution >= 4 is 5.91 Å². The molecule has 3 heteroatoms. The van der Waals surface area contributed by atoms with Crippen LogP contribution in [0.4, 0.5) is 0 Å². The Bertz CT molecular complexity index is 610. The van der Waals surface area contributed by atoms with Gasteiger partial charge in [-0.05, 0) is 30.0 Å². The molecule has 0 radical (unpaired) electrons. The molecule has 0 spiro atoms. The number of fused-ring (bicyclic) bond motifs is 1. The van der Waals surface area contributed by atoms with Crippen molar-refractivity contribution < 1.29 is 9.53 Å². The van der Waals surface area contributed by atoms with E-state index >= 15 is 0 Å². The maximum atomic E-state index is 12.2. The first-order valence-electron chi connectivity index (χ1n) is 7.35. The van der Waals surface area contributed by atoms with Gasteiger partial charge in [0.2, 0.25) is 5.91 Å². The Kier molecular flexibility index (Phi) is 4.20. The van der Waals surface area contributed by atoms with Crippen molar-refractivity contribution in [3.63, 3.8) is 0 Å².